The molecule has 406 valence electrons. The Kier molecular flexibility index (Phi) is 19.5. The molecule has 2 unspecified atom stereocenters. The van der Waals surface area contributed by atoms with Gasteiger partial charge in [-0.2, -0.15) is 10.5 Å². The third kappa shape index (κ3) is 15.3. The molecule has 0 radical (unpaired) electrons. The van der Waals surface area contributed by atoms with E-state index in [4.69, 9.17) is 42.1 Å². The lowest BCUT2D eigenvalue weighted by Gasteiger charge is -2.21. The molecule has 0 saturated heterocycles. The lowest BCUT2D eigenvalue weighted by molar-refractivity contribution is -0.137. The number of carbonyl (C=O) groups is 1. The number of carboxylic acids is 1. The number of rotatable bonds is 25. The molecule has 0 amide bonds. The van der Waals surface area contributed by atoms with Crippen molar-refractivity contribution in [2.75, 3.05) is 0 Å². The summed E-state index contributed by atoms with van der Waals surface area (Å²) in [4.78, 5) is 20.3. The third-order valence-corrected chi connectivity index (χ3v) is 14.2. The number of benzene rings is 6. The van der Waals surface area contributed by atoms with E-state index >= 15 is 0 Å². The number of hydrogen-bond donors (Lipinski definition) is 3. The number of aliphatic hydroxyl groups is 1. The second-order valence-corrected chi connectivity index (χ2v) is 20.0. The van der Waals surface area contributed by atoms with Gasteiger partial charge in [-0.05, 0) is 131 Å². The summed E-state index contributed by atoms with van der Waals surface area (Å²) < 4.78 is 53.4. The molecule has 2 aromatic heterocycles. The molecule has 12 nitrogen and oxygen atoms in total. The van der Waals surface area contributed by atoms with E-state index in [9.17, 15) is 34.3 Å². The minimum absolute atomic E-state index is 0.0440. The maximum Gasteiger partial charge on any atom is 0.303 e. The van der Waals surface area contributed by atoms with Gasteiger partial charge >= 0.3 is 5.97 Å². The van der Waals surface area contributed by atoms with Gasteiger partial charge in [0.25, 0.3) is 0 Å². The van der Waals surface area contributed by atoms with Crippen LogP contribution in [0.4, 0.5) is 8.78 Å². The van der Waals surface area contributed by atoms with Crippen LogP contribution in [0.3, 0.4) is 0 Å². The molecule has 16 heteroatoms. The summed E-state index contributed by atoms with van der Waals surface area (Å²) in [6.45, 7) is 8.43. The van der Waals surface area contributed by atoms with Crippen LogP contribution in [-0.4, -0.2) is 26.2 Å². The smallest absolute Gasteiger partial charge is 0.303 e. The molecule has 8 aromatic rings. The predicted molar refractivity (Wildman–Crippen MR) is 302 cm³/mol. The Morgan fingerprint density at radius 2 is 1.09 bits per heavy atom. The Bertz CT molecular complexity index is 3370. The van der Waals surface area contributed by atoms with E-state index in [0.29, 0.717) is 84.8 Å². The first-order valence-electron chi connectivity index (χ1n) is 25.5. The number of aromatic nitrogens is 2. The van der Waals surface area contributed by atoms with Crippen molar-refractivity contribution in [3.8, 4) is 46.3 Å². The maximum atomic E-state index is 13.9. The molecule has 2 heterocycles. The van der Waals surface area contributed by atoms with Crippen molar-refractivity contribution in [2.45, 2.75) is 84.5 Å². The normalized spacial score (nSPS) is 11.7. The molecule has 0 bridgehead atoms. The Morgan fingerprint density at radius 3 is 1.57 bits per heavy atom. The summed E-state index contributed by atoms with van der Waals surface area (Å²) in [7, 11) is 0. The van der Waals surface area contributed by atoms with Gasteiger partial charge in [0.2, 0.25) is 0 Å². The average Bonchev–Trinajstić information content (AvgIpc) is 3.45. The number of aliphatic hydroxyl groups excluding tert-OH is 1. The SMILES string of the molecule is C=C(O)CC(NCc1cc(Cl)c(OCc2cccc(-c3cccc(COc4cc(OCc5cncc(C#N)c5)c(CCC(CC(=O)O)c5ccc(F)cc5)cc4Cl)c3C)c2C)cc1OCc1cncc(C#N)c1)c1ccc(F)cc1. The second-order valence-electron chi connectivity index (χ2n) is 19.1. The number of pyridine rings is 2. The van der Waals surface area contributed by atoms with Gasteiger partial charge in [-0.1, -0.05) is 90.4 Å². The molecule has 0 aliphatic heterocycles. The summed E-state index contributed by atoms with van der Waals surface area (Å²) in [6.07, 6.45) is 6.96. The molecule has 6 aromatic carbocycles. The summed E-state index contributed by atoms with van der Waals surface area (Å²) >= 11 is 13.9. The van der Waals surface area contributed by atoms with Crippen LogP contribution >= 0.6 is 23.2 Å². The predicted octanol–water partition coefficient (Wildman–Crippen LogP) is 14.9. The zero-order chi connectivity index (χ0) is 56.7. The molecule has 0 spiro atoms. The molecular formula is C64H55Cl2F2N5O7. The van der Waals surface area contributed by atoms with E-state index in [1.165, 1.54) is 36.7 Å². The fourth-order valence-electron chi connectivity index (χ4n) is 9.26. The number of carboxylic acid groups (broad SMARTS) is 1. The minimum atomic E-state index is -0.978. The average molecular weight is 1120 g/mol. The highest BCUT2D eigenvalue weighted by atomic mass is 35.5. The first-order chi connectivity index (χ1) is 38.6. The van der Waals surface area contributed by atoms with Crippen LogP contribution < -0.4 is 24.3 Å². The number of halogens is 4. The highest BCUT2D eigenvalue weighted by Crippen LogP contribution is 2.39. The van der Waals surface area contributed by atoms with Crippen LogP contribution in [0, 0.1) is 48.1 Å². The minimum Gasteiger partial charge on any atom is -0.513 e. The molecule has 3 N–H and O–H groups in total. The molecule has 0 aliphatic rings. The second kappa shape index (κ2) is 27.2. The van der Waals surface area contributed by atoms with Crippen LogP contribution in [-0.2, 0) is 44.2 Å². The summed E-state index contributed by atoms with van der Waals surface area (Å²) in [5, 5.41) is 43.0. The highest BCUT2D eigenvalue weighted by molar-refractivity contribution is 6.32. The number of hydrogen-bond acceptors (Lipinski definition) is 11. The zero-order valence-corrected chi connectivity index (χ0v) is 45.3. The van der Waals surface area contributed by atoms with Crippen LogP contribution in [0.15, 0.2) is 158 Å². The van der Waals surface area contributed by atoms with E-state index in [1.54, 1.807) is 73.1 Å². The number of nitrogens with one attached hydrogen (secondary N) is 1. The van der Waals surface area contributed by atoms with Gasteiger partial charge in [0, 0.05) is 72.6 Å². The maximum absolute atomic E-state index is 13.9. The van der Waals surface area contributed by atoms with Gasteiger partial charge < -0.3 is 34.5 Å². The molecule has 80 heavy (non-hydrogen) atoms. The van der Waals surface area contributed by atoms with E-state index in [2.05, 4.69) is 34.0 Å². The topological polar surface area (TPSA) is 180 Å². The van der Waals surface area contributed by atoms with Gasteiger partial charge in [-0.3, -0.25) is 14.8 Å². The highest BCUT2D eigenvalue weighted by Gasteiger charge is 2.22. The van der Waals surface area contributed by atoms with Crippen molar-refractivity contribution in [1.29, 1.82) is 10.5 Å². The zero-order valence-electron chi connectivity index (χ0n) is 43.8. The van der Waals surface area contributed by atoms with E-state index in [-0.39, 0.29) is 57.4 Å². The lowest BCUT2D eigenvalue weighted by atomic mass is 9.89. The van der Waals surface area contributed by atoms with Gasteiger partial charge in [0.1, 0.15) is 73.2 Å². The molecule has 2 atom stereocenters. The Balaban J connectivity index is 1.01. The molecular weight excluding hydrogens is 1060 g/mol. The molecule has 0 saturated carbocycles. The van der Waals surface area contributed by atoms with E-state index < -0.39 is 23.7 Å². The van der Waals surface area contributed by atoms with Gasteiger partial charge in [-0.25, -0.2) is 8.78 Å². The Morgan fingerprint density at radius 1 is 0.613 bits per heavy atom. The fraction of sp³-hybridized carbons (Fsp3) is 0.203. The number of ether oxygens (including phenoxy) is 4. The number of nitrogens with zero attached hydrogens (tertiary/aromatic N) is 4. The van der Waals surface area contributed by atoms with Gasteiger partial charge in [0.15, 0.2) is 0 Å². The van der Waals surface area contributed by atoms with E-state index in [0.717, 1.165) is 38.9 Å². The molecule has 0 aliphatic carbocycles. The third-order valence-electron chi connectivity index (χ3n) is 13.6. The summed E-state index contributed by atoms with van der Waals surface area (Å²) in [5.41, 5.74) is 10.6. The summed E-state index contributed by atoms with van der Waals surface area (Å²) in [6, 6.07) is 37.9. The Labute approximate surface area is 473 Å². The van der Waals surface area contributed by atoms with Crippen molar-refractivity contribution in [3.63, 3.8) is 0 Å². The van der Waals surface area contributed by atoms with Crippen LogP contribution in [0.2, 0.25) is 10.0 Å². The van der Waals surface area contributed by atoms with E-state index in [1.807, 2.05) is 50.2 Å². The quantitative estimate of drug-likeness (QED) is 0.0462. The molecule has 8 rings (SSSR count). The van der Waals surface area contributed by atoms with Crippen LogP contribution in [0.1, 0.15) is 98.0 Å². The monoisotopic (exact) mass is 1110 g/mol. The molecule has 0 fully saturated rings. The number of nitriles is 2. The van der Waals surface area contributed by atoms with Crippen molar-refractivity contribution >= 4 is 29.2 Å². The van der Waals surface area contributed by atoms with Crippen molar-refractivity contribution < 1.29 is 42.7 Å². The van der Waals surface area contributed by atoms with Crippen molar-refractivity contribution in [1.82, 2.24) is 15.3 Å². The number of aryl methyl sites for hydroxylation is 1. The standard InChI is InChI=1S/C64H55Cl2F2N5O7/c1-39(74)20-59(47-14-18-54(68)19-15-47)73-34-52-24-58(66)63(27-61(52)78-36-45-22-43(29-70)31-72-33-45)80-38-51-7-5-9-56(41(51)3)55-8-4-6-50(40(55)2)37-79-62-26-60(77-35-44-21-42(28-69)30-71-32-44)49(23-57(62)65)11-10-48(25-64(75)76)46-12-16-53(67)17-13-46/h4-9,12-19,21-24,26-27,30-33,48,59,73-74H,1,10-11,20,25,34-38H2,2-3H3,(H,75,76). The van der Waals surface area contributed by atoms with Gasteiger partial charge in [0.05, 0.1) is 33.4 Å². The van der Waals surface area contributed by atoms with Crippen molar-refractivity contribution in [2.24, 2.45) is 0 Å². The fourth-order valence-corrected chi connectivity index (χ4v) is 9.74. The first kappa shape index (κ1) is 57.4. The first-order valence-corrected chi connectivity index (χ1v) is 26.2. The van der Waals surface area contributed by atoms with Crippen LogP contribution in [0.5, 0.6) is 23.0 Å². The number of aliphatic carboxylic acids is 1. The summed E-state index contributed by atoms with van der Waals surface area (Å²) in [5.74, 6) is -0.605. The lowest BCUT2D eigenvalue weighted by Crippen LogP contribution is -2.22. The largest absolute Gasteiger partial charge is 0.513 e. The van der Waals surface area contributed by atoms with Gasteiger partial charge in [-0.15, -0.1) is 0 Å². The Hall–Kier alpha value is -8.79. The van der Waals surface area contributed by atoms with Crippen molar-refractivity contribution in [3.05, 3.63) is 247 Å². The van der Waals surface area contributed by atoms with Crippen LogP contribution in [0.25, 0.3) is 11.1 Å².